The molecule has 1 aromatic rings. The third kappa shape index (κ3) is 5.56. The van der Waals surface area contributed by atoms with Gasteiger partial charge in [0.2, 0.25) is 0 Å². The van der Waals surface area contributed by atoms with Gasteiger partial charge in [0.05, 0.1) is 25.2 Å². The zero-order valence-corrected chi connectivity index (χ0v) is 14.1. The molecule has 7 nitrogen and oxygen atoms in total. The molecule has 0 spiro atoms. The van der Waals surface area contributed by atoms with Crippen LogP contribution in [-0.2, 0) is 14.3 Å². The van der Waals surface area contributed by atoms with Gasteiger partial charge in [0.15, 0.2) is 0 Å². The molecule has 0 radical (unpaired) electrons. The number of carbonyl (C=O) groups excluding carboxylic acids is 2. The predicted octanol–water partition coefficient (Wildman–Crippen LogP) is 0.248. The summed E-state index contributed by atoms with van der Waals surface area (Å²) in [7, 11) is 1.54. The summed E-state index contributed by atoms with van der Waals surface area (Å²) in [5.41, 5.74) is 1.01. The highest BCUT2D eigenvalue weighted by atomic mass is 32.2. The van der Waals surface area contributed by atoms with Crippen molar-refractivity contribution in [2.75, 3.05) is 51.4 Å². The second-order valence-electron chi connectivity index (χ2n) is 5.18. The van der Waals surface area contributed by atoms with Gasteiger partial charge >= 0.3 is 11.8 Å². The van der Waals surface area contributed by atoms with Crippen molar-refractivity contribution in [3.8, 4) is 0 Å². The number of furan rings is 1. The van der Waals surface area contributed by atoms with E-state index in [-0.39, 0.29) is 6.04 Å². The Hall–Kier alpha value is -1.51. The van der Waals surface area contributed by atoms with Crippen LogP contribution in [0.4, 0.5) is 0 Å². The molecule has 1 fully saturated rings. The summed E-state index contributed by atoms with van der Waals surface area (Å²) in [5.74, 6) is 0.878. The lowest BCUT2D eigenvalue weighted by Crippen LogP contribution is -2.46. The van der Waals surface area contributed by atoms with Gasteiger partial charge in [0.25, 0.3) is 0 Å². The van der Waals surface area contributed by atoms with Gasteiger partial charge in [-0.2, -0.15) is 11.8 Å². The molecule has 1 saturated heterocycles. The summed E-state index contributed by atoms with van der Waals surface area (Å²) in [6.45, 7) is 2.98. The first kappa shape index (κ1) is 17.8. The Balaban J connectivity index is 1.88. The topological polar surface area (TPSA) is 83.8 Å². The van der Waals surface area contributed by atoms with E-state index in [1.807, 2.05) is 17.8 Å². The lowest BCUT2D eigenvalue weighted by atomic mass is 10.1. The van der Waals surface area contributed by atoms with Crippen LogP contribution >= 0.6 is 11.8 Å². The zero-order chi connectivity index (χ0) is 16.5. The van der Waals surface area contributed by atoms with E-state index in [1.165, 1.54) is 0 Å². The minimum atomic E-state index is -0.637. The Bertz CT molecular complexity index is 489. The SMILES string of the molecule is COCCNC(=O)C(=O)NC[C@@H](c1ccoc1)N1CCSCC1. The molecule has 1 aliphatic heterocycles. The molecule has 2 heterocycles. The lowest BCUT2D eigenvalue weighted by molar-refractivity contribution is -0.139. The van der Waals surface area contributed by atoms with E-state index < -0.39 is 11.8 Å². The molecule has 0 aliphatic carbocycles. The van der Waals surface area contributed by atoms with Crippen molar-refractivity contribution in [3.63, 3.8) is 0 Å². The van der Waals surface area contributed by atoms with Crippen molar-refractivity contribution in [1.29, 1.82) is 0 Å². The van der Waals surface area contributed by atoms with E-state index in [9.17, 15) is 9.59 Å². The standard InChI is InChI=1S/C15H23N3O4S/c1-21-7-3-16-14(19)15(20)17-10-13(12-2-6-22-11-12)18-4-8-23-9-5-18/h2,6,11,13H,3-5,7-10H2,1H3,(H,16,19)(H,17,20)/t13-/m0/s1. The lowest BCUT2D eigenvalue weighted by Gasteiger charge is -2.33. The number of carbonyl (C=O) groups is 2. The Morgan fingerprint density at radius 1 is 1.35 bits per heavy atom. The second-order valence-corrected chi connectivity index (χ2v) is 6.40. The van der Waals surface area contributed by atoms with Gasteiger partial charge in [-0.3, -0.25) is 14.5 Å². The molecule has 128 valence electrons. The zero-order valence-electron chi connectivity index (χ0n) is 13.2. The highest BCUT2D eigenvalue weighted by Crippen LogP contribution is 2.24. The largest absolute Gasteiger partial charge is 0.472 e. The van der Waals surface area contributed by atoms with Gasteiger partial charge in [-0.05, 0) is 6.07 Å². The van der Waals surface area contributed by atoms with Crippen molar-refractivity contribution in [3.05, 3.63) is 24.2 Å². The van der Waals surface area contributed by atoms with E-state index in [0.717, 1.165) is 30.2 Å². The molecule has 8 heteroatoms. The first-order valence-electron chi connectivity index (χ1n) is 7.61. The number of nitrogens with one attached hydrogen (secondary N) is 2. The summed E-state index contributed by atoms with van der Waals surface area (Å²) < 4.78 is 10.0. The quantitative estimate of drug-likeness (QED) is 0.546. The van der Waals surface area contributed by atoms with Crippen molar-refractivity contribution in [2.24, 2.45) is 0 Å². The summed E-state index contributed by atoms with van der Waals surface area (Å²) >= 11 is 1.93. The molecule has 0 aromatic carbocycles. The highest BCUT2D eigenvalue weighted by Gasteiger charge is 2.24. The maximum absolute atomic E-state index is 11.9. The fourth-order valence-corrected chi connectivity index (χ4v) is 3.36. The fourth-order valence-electron chi connectivity index (χ4n) is 2.43. The normalized spacial score (nSPS) is 16.7. The molecule has 1 atom stereocenters. The number of nitrogens with zero attached hydrogens (tertiary/aromatic N) is 1. The van der Waals surface area contributed by atoms with Gasteiger partial charge in [-0.15, -0.1) is 0 Å². The monoisotopic (exact) mass is 341 g/mol. The first-order chi connectivity index (χ1) is 11.2. The number of hydrogen-bond acceptors (Lipinski definition) is 6. The van der Waals surface area contributed by atoms with Gasteiger partial charge in [0, 0.05) is 50.4 Å². The third-order valence-corrected chi connectivity index (χ3v) is 4.61. The van der Waals surface area contributed by atoms with Gasteiger partial charge in [0.1, 0.15) is 0 Å². The molecular weight excluding hydrogens is 318 g/mol. The summed E-state index contributed by atoms with van der Waals surface area (Å²) in [4.78, 5) is 25.9. The van der Waals surface area contributed by atoms with E-state index in [2.05, 4.69) is 15.5 Å². The van der Waals surface area contributed by atoms with Crippen molar-refractivity contribution in [2.45, 2.75) is 6.04 Å². The van der Waals surface area contributed by atoms with Crippen LogP contribution < -0.4 is 10.6 Å². The average Bonchev–Trinajstić information content (AvgIpc) is 3.10. The summed E-state index contributed by atoms with van der Waals surface area (Å²) in [5, 5.41) is 5.22. The van der Waals surface area contributed by atoms with Crippen molar-refractivity contribution in [1.82, 2.24) is 15.5 Å². The Kier molecular flexibility index (Phi) is 7.44. The van der Waals surface area contributed by atoms with Gasteiger partial charge in [-0.25, -0.2) is 0 Å². The van der Waals surface area contributed by atoms with Crippen LogP contribution in [0.15, 0.2) is 23.0 Å². The average molecular weight is 341 g/mol. The molecule has 2 rings (SSSR count). The minimum absolute atomic E-state index is 0.0189. The number of hydrogen-bond donors (Lipinski definition) is 2. The van der Waals surface area contributed by atoms with E-state index in [1.54, 1.807) is 19.6 Å². The van der Waals surface area contributed by atoms with Crippen LogP contribution in [0, 0.1) is 0 Å². The minimum Gasteiger partial charge on any atom is -0.472 e. The number of amides is 2. The number of ether oxygens (including phenoxy) is 1. The second kappa shape index (κ2) is 9.59. The third-order valence-electron chi connectivity index (χ3n) is 3.67. The highest BCUT2D eigenvalue weighted by molar-refractivity contribution is 7.99. The molecule has 1 aliphatic rings. The van der Waals surface area contributed by atoms with Gasteiger partial charge in [-0.1, -0.05) is 0 Å². The maximum Gasteiger partial charge on any atom is 0.309 e. The molecule has 1 aromatic heterocycles. The number of rotatable bonds is 7. The summed E-state index contributed by atoms with van der Waals surface area (Å²) in [6.07, 6.45) is 3.32. The fraction of sp³-hybridized carbons (Fsp3) is 0.600. The van der Waals surface area contributed by atoms with Crippen LogP contribution in [0.2, 0.25) is 0 Å². The van der Waals surface area contributed by atoms with Crippen LogP contribution in [0.1, 0.15) is 11.6 Å². The van der Waals surface area contributed by atoms with Crippen LogP contribution in [0.25, 0.3) is 0 Å². The molecule has 0 bridgehead atoms. The number of thioether (sulfide) groups is 1. The molecule has 2 N–H and O–H groups in total. The Morgan fingerprint density at radius 3 is 2.74 bits per heavy atom. The van der Waals surface area contributed by atoms with Crippen molar-refractivity contribution >= 4 is 23.6 Å². The van der Waals surface area contributed by atoms with E-state index in [4.69, 9.17) is 9.15 Å². The molecule has 0 unspecified atom stereocenters. The van der Waals surface area contributed by atoms with Gasteiger partial charge < -0.3 is 19.8 Å². The maximum atomic E-state index is 11.9. The Labute approximate surface area is 140 Å². The smallest absolute Gasteiger partial charge is 0.309 e. The number of methoxy groups -OCH3 is 1. The molecule has 2 amide bonds. The molecular formula is C15H23N3O4S. The van der Waals surface area contributed by atoms with E-state index >= 15 is 0 Å². The first-order valence-corrected chi connectivity index (χ1v) is 8.76. The van der Waals surface area contributed by atoms with E-state index in [0.29, 0.717) is 19.7 Å². The van der Waals surface area contributed by atoms with Crippen LogP contribution in [-0.4, -0.2) is 68.1 Å². The summed E-state index contributed by atoms with van der Waals surface area (Å²) in [6, 6.07) is 1.92. The molecule has 0 saturated carbocycles. The van der Waals surface area contributed by atoms with Crippen LogP contribution in [0.3, 0.4) is 0 Å². The van der Waals surface area contributed by atoms with Crippen LogP contribution in [0.5, 0.6) is 0 Å². The Morgan fingerprint density at radius 2 is 2.09 bits per heavy atom. The van der Waals surface area contributed by atoms with Crippen molar-refractivity contribution < 1.29 is 18.7 Å². The predicted molar refractivity (Wildman–Crippen MR) is 88.2 cm³/mol. The molecule has 23 heavy (non-hydrogen) atoms.